The minimum Gasteiger partial charge on any atom is -0.478 e. The second-order valence-electron chi connectivity index (χ2n) is 3.19. The third-order valence-electron chi connectivity index (χ3n) is 1.99. The van der Waals surface area contributed by atoms with E-state index in [1.807, 2.05) is 0 Å². The van der Waals surface area contributed by atoms with Crippen LogP contribution in [0.15, 0.2) is 30.7 Å². The number of aromatic carboxylic acids is 1. The van der Waals surface area contributed by atoms with Gasteiger partial charge >= 0.3 is 5.97 Å². The number of H-pyrrole nitrogens is 1. The Hall–Kier alpha value is -2.70. The highest BCUT2D eigenvalue weighted by Crippen LogP contribution is 2.09. The Kier molecular flexibility index (Phi) is 2.82. The number of carboxylic acids is 1. The summed E-state index contributed by atoms with van der Waals surface area (Å²) in [7, 11) is 0. The zero-order valence-corrected chi connectivity index (χ0v) is 8.54. The van der Waals surface area contributed by atoms with Crippen molar-refractivity contribution >= 4 is 17.6 Å². The molecule has 2 rings (SSSR count). The lowest BCUT2D eigenvalue weighted by Gasteiger charge is -2.03. The average molecular weight is 232 g/mol. The average Bonchev–Trinajstić information content (AvgIpc) is 2.82. The Morgan fingerprint density at radius 3 is 2.82 bits per heavy atom. The van der Waals surface area contributed by atoms with Crippen molar-refractivity contribution in [3.8, 4) is 0 Å². The van der Waals surface area contributed by atoms with Crippen molar-refractivity contribution in [2.45, 2.75) is 0 Å². The summed E-state index contributed by atoms with van der Waals surface area (Å²) in [5.74, 6) is -1.51. The van der Waals surface area contributed by atoms with E-state index in [2.05, 4.69) is 20.5 Å². The quantitative estimate of drug-likeness (QED) is 0.723. The molecule has 0 aliphatic heterocycles. The smallest absolute Gasteiger partial charge is 0.337 e. The van der Waals surface area contributed by atoms with Gasteiger partial charge in [-0.3, -0.25) is 14.9 Å². The summed E-state index contributed by atoms with van der Waals surface area (Å²) in [6.45, 7) is 0. The van der Waals surface area contributed by atoms with E-state index in [4.69, 9.17) is 5.11 Å². The van der Waals surface area contributed by atoms with Crippen LogP contribution in [0.2, 0.25) is 0 Å². The normalized spacial score (nSPS) is 9.88. The van der Waals surface area contributed by atoms with Crippen LogP contribution in [0.25, 0.3) is 0 Å². The van der Waals surface area contributed by atoms with Crippen LogP contribution in [0.3, 0.4) is 0 Å². The number of hydrogen-bond acceptors (Lipinski definition) is 4. The number of carbonyl (C=O) groups excluding carboxylic acids is 1. The molecule has 0 aliphatic carbocycles. The highest BCUT2D eigenvalue weighted by Gasteiger charge is 2.09. The number of carboxylic acid groups (broad SMARTS) is 1. The lowest BCUT2D eigenvalue weighted by molar-refractivity contribution is 0.0696. The maximum atomic E-state index is 11.6. The monoisotopic (exact) mass is 232 g/mol. The molecule has 3 N–H and O–H groups in total. The summed E-state index contributed by atoms with van der Waals surface area (Å²) in [6.07, 6.45) is 4.01. The maximum Gasteiger partial charge on any atom is 0.337 e. The summed E-state index contributed by atoms with van der Waals surface area (Å²) in [5, 5.41) is 17.4. The van der Waals surface area contributed by atoms with Crippen LogP contribution in [-0.4, -0.2) is 32.2 Å². The van der Waals surface area contributed by atoms with Gasteiger partial charge in [0.2, 0.25) is 0 Å². The molecule has 0 fully saturated rings. The molecular weight excluding hydrogens is 224 g/mol. The molecule has 7 nitrogen and oxygen atoms in total. The molecule has 0 aliphatic rings. The first-order chi connectivity index (χ1) is 8.16. The van der Waals surface area contributed by atoms with Crippen LogP contribution in [0.4, 0.5) is 5.69 Å². The molecule has 0 spiro atoms. The molecule has 2 aromatic rings. The number of pyridine rings is 1. The summed E-state index contributed by atoms with van der Waals surface area (Å²) in [6, 6.07) is 2.83. The number of amides is 1. The standard InChI is InChI=1S/C10H8N4O3/c15-9(8-1-2-12-14-8)13-7-3-6(10(16)17)4-11-5-7/h1-5H,(H,12,14)(H,13,15)(H,16,17). The lowest BCUT2D eigenvalue weighted by atomic mass is 10.2. The largest absolute Gasteiger partial charge is 0.478 e. The Balaban J connectivity index is 2.16. The molecular formula is C10H8N4O3. The highest BCUT2D eigenvalue weighted by atomic mass is 16.4. The molecule has 0 saturated carbocycles. The van der Waals surface area contributed by atoms with E-state index in [0.717, 1.165) is 0 Å². The fourth-order valence-corrected chi connectivity index (χ4v) is 1.21. The zero-order chi connectivity index (χ0) is 12.3. The van der Waals surface area contributed by atoms with Gasteiger partial charge in [0.1, 0.15) is 5.69 Å². The number of nitrogens with one attached hydrogen (secondary N) is 2. The van der Waals surface area contributed by atoms with Gasteiger partial charge in [-0.05, 0) is 12.1 Å². The van der Waals surface area contributed by atoms with Gasteiger partial charge in [-0.15, -0.1) is 0 Å². The minimum absolute atomic E-state index is 0.00686. The first kappa shape index (κ1) is 10.8. The topological polar surface area (TPSA) is 108 Å². The third kappa shape index (κ3) is 2.46. The number of aromatic nitrogens is 3. The lowest BCUT2D eigenvalue weighted by Crippen LogP contribution is -2.13. The van der Waals surface area contributed by atoms with Crippen LogP contribution < -0.4 is 5.32 Å². The summed E-state index contributed by atoms with van der Waals surface area (Å²) in [4.78, 5) is 26.0. The van der Waals surface area contributed by atoms with E-state index < -0.39 is 11.9 Å². The predicted molar refractivity (Wildman–Crippen MR) is 57.7 cm³/mol. The number of anilines is 1. The number of rotatable bonds is 3. The molecule has 0 saturated heterocycles. The summed E-state index contributed by atoms with van der Waals surface area (Å²) in [5.41, 5.74) is 0.600. The first-order valence-corrected chi connectivity index (χ1v) is 4.66. The molecule has 2 aromatic heterocycles. The Morgan fingerprint density at radius 2 is 2.18 bits per heavy atom. The van der Waals surface area contributed by atoms with Gasteiger partial charge in [0, 0.05) is 12.4 Å². The van der Waals surface area contributed by atoms with Crippen molar-refractivity contribution in [3.05, 3.63) is 42.0 Å². The van der Waals surface area contributed by atoms with E-state index in [9.17, 15) is 9.59 Å². The van der Waals surface area contributed by atoms with E-state index in [1.165, 1.54) is 30.7 Å². The van der Waals surface area contributed by atoms with Gasteiger partial charge in [0.05, 0.1) is 17.4 Å². The number of carbonyl (C=O) groups is 2. The first-order valence-electron chi connectivity index (χ1n) is 4.66. The van der Waals surface area contributed by atoms with Crippen molar-refractivity contribution < 1.29 is 14.7 Å². The van der Waals surface area contributed by atoms with Gasteiger partial charge in [-0.1, -0.05) is 0 Å². The summed E-state index contributed by atoms with van der Waals surface area (Å²) < 4.78 is 0. The van der Waals surface area contributed by atoms with Crippen molar-refractivity contribution in [1.82, 2.24) is 15.2 Å². The maximum absolute atomic E-state index is 11.6. The number of nitrogens with zero attached hydrogens (tertiary/aromatic N) is 2. The SMILES string of the molecule is O=C(O)c1cncc(NC(=O)c2ccn[nH]2)c1. The van der Waals surface area contributed by atoms with Gasteiger partial charge in [0.15, 0.2) is 0 Å². The predicted octanol–water partition coefficient (Wildman–Crippen LogP) is 0.755. The van der Waals surface area contributed by atoms with Crippen molar-refractivity contribution in [3.63, 3.8) is 0 Å². The molecule has 0 atom stereocenters. The molecule has 0 bridgehead atoms. The van der Waals surface area contributed by atoms with Crippen molar-refractivity contribution in [2.75, 3.05) is 5.32 Å². The van der Waals surface area contributed by atoms with Gasteiger partial charge in [-0.2, -0.15) is 5.10 Å². The van der Waals surface area contributed by atoms with Crippen LogP contribution in [0.1, 0.15) is 20.8 Å². The summed E-state index contributed by atoms with van der Waals surface area (Å²) >= 11 is 0. The number of hydrogen-bond donors (Lipinski definition) is 3. The van der Waals surface area contributed by atoms with E-state index in [0.29, 0.717) is 5.69 Å². The third-order valence-corrected chi connectivity index (χ3v) is 1.99. The second kappa shape index (κ2) is 4.44. The number of aromatic amines is 1. The molecule has 7 heteroatoms. The van der Waals surface area contributed by atoms with Gasteiger partial charge in [0.25, 0.3) is 5.91 Å². The second-order valence-corrected chi connectivity index (χ2v) is 3.19. The Labute approximate surface area is 95.5 Å². The highest BCUT2D eigenvalue weighted by molar-refractivity contribution is 6.03. The molecule has 0 unspecified atom stereocenters. The van der Waals surface area contributed by atoms with E-state index in [-0.39, 0.29) is 11.3 Å². The van der Waals surface area contributed by atoms with Crippen LogP contribution in [0, 0.1) is 0 Å². The zero-order valence-electron chi connectivity index (χ0n) is 8.54. The minimum atomic E-state index is -1.10. The Bertz CT molecular complexity index is 550. The van der Waals surface area contributed by atoms with E-state index in [1.54, 1.807) is 0 Å². The molecule has 0 radical (unpaired) electrons. The van der Waals surface area contributed by atoms with Gasteiger partial charge in [-0.25, -0.2) is 4.79 Å². The Morgan fingerprint density at radius 1 is 1.35 bits per heavy atom. The molecule has 1 amide bonds. The van der Waals surface area contributed by atoms with Crippen molar-refractivity contribution in [2.24, 2.45) is 0 Å². The van der Waals surface area contributed by atoms with Gasteiger partial charge < -0.3 is 10.4 Å². The molecule has 86 valence electrons. The molecule has 17 heavy (non-hydrogen) atoms. The molecule has 0 aromatic carbocycles. The van der Waals surface area contributed by atoms with Crippen LogP contribution in [0.5, 0.6) is 0 Å². The van der Waals surface area contributed by atoms with Crippen molar-refractivity contribution in [1.29, 1.82) is 0 Å². The molecule has 2 heterocycles. The fraction of sp³-hybridized carbons (Fsp3) is 0. The fourth-order valence-electron chi connectivity index (χ4n) is 1.21. The van der Waals surface area contributed by atoms with Crippen LogP contribution >= 0.6 is 0 Å². The van der Waals surface area contributed by atoms with E-state index >= 15 is 0 Å². The van der Waals surface area contributed by atoms with Crippen LogP contribution in [-0.2, 0) is 0 Å².